The van der Waals surface area contributed by atoms with Gasteiger partial charge in [-0.25, -0.2) is 13.2 Å². The molecule has 1 nitrogen and oxygen atoms in total. The summed E-state index contributed by atoms with van der Waals surface area (Å²) in [5.74, 6) is 0.986. The van der Waals surface area contributed by atoms with Gasteiger partial charge in [0.1, 0.15) is 0 Å². The summed E-state index contributed by atoms with van der Waals surface area (Å²) in [5.41, 5.74) is 0.346. The van der Waals surface area contributed by atoms with E-state index in [2.05, 4.69) is 11.8 Å². The van der Waals surface area contributed by atoms with Crippen molar-refractivity contribution in [3.05, 3.63) is 76.9 Å². The van der Waals surface area contributed by atoms with E-state index in [1.165, 1.54) is 12.1 Å². The average molecular weight is 344 g/mol. The molecule has 25 heavy (non-hydrogen) atoms. The van der Waals surface area contributed by atoms with E-state index in [1.54, 1.807) is 25.1 Å². The average Bonchev–Trinajstić information content (AvgIpc) is 2.59. The number of fused-ring (bicyclic) bond motifs is 1. The quantitative estimate of drug-likeness (QED) is 0.459. The van der Waals surface area contributed by atoms with Crippen LogP contribution in [0.1, 0.15) is 18.1 Å². The lowest BCUT2D eigenvalue weighted by Crippen LogP contribution is -1.98. The number of benzene rings is 3. The molecule has 3 aromatic rings. The molecular formula is C20H12F4O. The third kappa shape index (κ3) is 3.43. The highest BCUT2D eigenvalue weighted by Gasteiger charge is 2.13. The van der Waals surface area contributed by atoms with Crippen LogP contribution in [0.25, 0.3) is 10.8 Å². The van der Waals surface area contributed by atoms with Crippen molar-refractivity contribution in [3.63, 3.8) is 0 Å². The third-order valence-electron chi connectivity index (χ3n) is 3.57. The third-order valence-corrected chi connectivity index (χ3v) is 3.57. The van der Waals surface area contributed by atoms with Crippen LogP contribution in [0.15, 0.2) is 42.5 Å². The van der Waals surface area contributed by atoms with E-state index in [-0.39, 0.29) is 17.9 Å². The maximum Gasteiger partial charge on any atom is 0.201 e. The minimum absolute atomic E-state index is 0.119. The summed E-state index contributed by atoms with van der Waals surface area (Å²) in [6, 6.07) is 9.51. The first-order chi connectivity index (χ1) is 12.0. The summed E-state index contributed by atoms with van der Waals surface area (Å²) in [4.78, 5) is 0. The van der Waals surface area contributed by atoms with Gasteiger partial charge in [-0.05, 0) is 54.1 Å². The van der Waals surface area contributed by atoms with Gasteiger partial charge in [0.05, 0.1) is 12.2 Å². The van der Waals surface area contributed by atoms with E-state index in [9.17, 15) is 17.6 Å². The molecule has 0 aliphatic heterocycles. The highest BCUT2D eigenvalue weighted by atomic mass is 19.2. The first-order valence-electron chi connectivity index (χ1n) is 7.51. The Morgan fingerprint density at radius 3 is 2.24 bits per heavy atom. The van der Waals surface area contributed by atoms with Crippen LogP contribution in [0, 0.1) is 35.1 Å². The normalized spacial score (nSPS) is 10.4. The molecule has 0 amide bonds. The van der Waals surface area contributed by atoms with Crippen molar-refractivity contribution < 1.29 is 22.3 Å². The van der Waals surface area contributed by atoms with Gasteiger partial charge >= 0.3 is 0 Å². The summed E-state index contributed by atoms with van der Waals surface area (Å²) in [7, 11) is 0. The van der Waals surface area contributed by atoms with E-state index in [4.69, 9.17) is 4.74 Å². The van der Waals surface area contributed by atoms with Gasteiger partial charge in [0, 0.05) is 5.56 Å². The number of ether oxygens (including phenoxy) is 1. The molecule has 3 rings (SSSR count). The molecule has 0 aliphatic carbocycles. The molecule has 0 radical (unpaired) electrons. The van der Waals surface area contributed by atoms with Crippen LogP contribution in [0.4, 0.5) is 17.6 Å². The molecule has 0 saturated carbocycles. The SMILES string of the molecule is CCOc1ccc(C#Cc2ccc3cc(F)c(F)cc3c2)c(F)c1F. The second-order valence-electron chi connectivity index (χ2n) is 5.25. The Kier molecular flexibility index (Phi) is 4.62. The zero-order valence-corrected chi connectivity index (χ0v) is 13.2. The highest BCUT2D eigenvalue weighted by Crippen LogP contribution is 2.23. The van der Waals surface area contributed by atoms with Gasteiger partial charge in [-0.3, -0.25) is 0 Å². The predicted octanol–water partition coefficient (Wildman–Crippen LogP) is 5.19. The lowest BCUT2D eigenvalue weighted by molar-refractivity contribution is 0.314. The van der Waals surface area contributed by atoms with Crippen LogP contribution in [0.5, 0.6) is 5.75 Å². The molecule has 0 aromatic heterocycles. The van der Waals surface area contributed by atoms with Crippen molar-refractivity contribution in [1.29, 1.82) is 0 Å². The fourth-order valence-electron chi connectivity index (χ4n) is 2.35. The monoisotopic (exact) mass is 344 g/mol. The summed E-state index contributed by atoms with van der Waals surface area (Å²) in [5, 5.41) is 0.979. The van der Waals surface area contributed by atoms with Crippen molar-refractivity contribution in [2.45, 2.75) is 6.92 Å². The van der Waals surface area contributed by atoms with E-state index in [0.717, 1.165) is 12.1 Å². The molecular weight excluding hydrogens is 332 g/mol. The van der Waals surface area contributed by atoms with Gasteiger partial charge in [-0.15, -0.1) is 0 Å². The minimum atomic E-state index is -1.09. The Balaban J connectivity index is 1.97. The molecule has 0 atom stereocenters. The summed E-state index contributed by atoms with van der Waals surface area (Å²) < 4.78 is 59.3. The van der Waals surface area contributed by atoms with Gasteiger partial charge in [-0.2, -0.15) is 4.39 Å². The van der Waals surface area contributed by atoms with E-state index in [1.807, 2.05) is 0 Å². The Bertz CT molecular complexity index is 1020. The Labute approximate surface area is 141 Å². The lowest BCUT2D eigenvalue weighted by atomic mass is 10.1. The van der Waals surface area contributed by atoms with Crippen LogP contribution >= 0.6 is 0 Å². The van der Waals surface area contributed by atoms with Crippen LogP contribution in [-0.2, 0) is 0 Å². The van der Waals surface area contributed by atoms with Crippen molar-refractivity contribution in [2.75, 3.05) is 6.61 Å². The van der Waals surface area contributed by atoms with Gasteiger partial charge in [0.15, 0.2) is 23.2 Å². The molecule has 0 spiro atoms. The summed E-state index contributed by atoms with van der Waals surface area (Å²) in [6.45, 7) is 1.88. The highest BCUT2D eigenvalue weighted by molar-refractivity contribution is 5.84. The molecule has 0 fully saturated rings. The second-order valence-corrected chi connectivity index (χ2v) is 5.25. The largest absolute Gasteiger partial charge is 0.491 e. The Morgan fingerprint density at radius 2 is 1.52 bits per heavy atom. The maximum atomic E-state index is 14.0. The molecule has 0 aliphatic rings. The van der Waals surface area contributed by atoms with Gasteiger partial charge in [-0.1, -0.05) is 17.9 Å². The van der Waals surface area contributed by atoms with Crippen molar-refractivity contribution in [1.82, 2.24) is 0 Å². The zero-order chi connectivity index (χ0) is 18.0. The summed E-state index contributed by atoms with van der Waals surface area (Å²) in [6.07, 6.45) is 0. The van der Waals surface area contributed by atoms with Crippen LogP contribution in [-0.4, -0.2) is 6.61 Å². The fraction of sp³-hybridized carbons (Fsp3) is 0.100. The smallest absolute Gasteiger partial charge is 0.201 e. The predicted molar refractivity (Wildman–Crippen MR) is 87.4 cm³/mol. The molecule has 0 bridgehead atoms. The molecule has 3 aromatic carbocycles. The van der Waals surface area contributed by atoms with E-state index in [0.29, 0.717) is 16.3 Å². The first-order valence-corrected chi connectivity index (χ1v) is 7.51. The van der Waals surface area contributed by atoms with Crippen LogP contribution in [0.2, 0.25) is 0 Å². The maximum absolute atomic E-state index is 14.0. The minimum Gasteiger partial charge on any atom is -0.491 e. The van der Waals surface area contributed by atoms with E-state index < -0.39 is 23.3 Å². The topological polar surface area (TPSA) is 9.23 Å². The van der Waals surface area contributed by atoms with Crippen LogP contribution in [0.3, 0.4) is 0 Å². The second kappa shape index (κ2) is 6.86. The Morgan fingerprint density at radius 1 is 0.800 bits per heavy atom. The van der Waals surface area contributed by atoms with Gasteiger partial charge < -0.3 is 4.74 Å². The molecule has 0 heterocycles. The van der Waals surface area contributed by atoms with Crippen molar-refractivity contribution in [3.8, 4) is 17.6 Å². The molecule has 0 saturated heterocycles. The number of rotatable bonds is 2. The standard InChI is InChI=1S/C20H12F4O/c1-2-25-18-8-7-13(19(23)20(18)24)5-3-12-4-6-14-10-16(21)17(22)11-15(14)9-12/h4,6-11H,2H2,1H3. The summed E-state index contributed by atoms with van der Waals surface area (Å²) >= 11 is 0. The lowest BCUT2D eigenvalue weighted by Gasteiger charge is -2.05. The number of hydrogen-bond acceptors (Lipinski definition) is 1. The number of halogens is 4. The first kappa shape index (κ1) is 16.8. The zero-order valence-electron chi connectivity index (χ0n) is 13.2. The molecule has 5 heteroatoms. The van der Waals surface area contributed by atoms with Gasteiger partial charge in [0.25, 0.3) is 0 Å². The molecule has 0 unspecified atom stereocenters. The van der Waals surface area contributed by atoms with Gasteiger partial charge in [0.2, 0.25) is 5.82 Å². The van der Waals surface area contributed by atoms with E-state index >= 15 is 0 Å². The van der Waals surface area contributed by atoms with Crippen molar-refractivity contribution in [2.24, 2.45) is 0 Å². The molecule has 126 valence electrons. The number of hydrogen-bond donors (Lipinski definition) is 0. The Hall–Kier alpha value is -3.00. The fourth-order valence-corrected chi connectivity index (χ4v) is 2.35. The molecule has 0 N–H and O–H groups in total. The van der Waals surface area contributed by atoms with Crippen LogP contribution < -0.4 is 4.74 Å². The van der Waals surface area contributed by atoms with Crippen molar-refractivity contribution >= 4 is 10.8 Å².